The molecule has 0 aromatic rings. The summed E-state index contributed by atoms with van der Waals surface area (Å²) in [5, 5.41) is 6.11. The Bertz CT molecular complexity index is 204. The molecule has 0 spiro atoms. The first-order chi connectivity index (χ1) is 7.77. The van der Waals surface area contributed by atoms with Gasteiger partial charge in [-0.05, 0) is 26.3 Å². The molecule has 0 saturated heterocycles. The van der Waals surface area contributed by atoms with Gasteiger partial charge in [-0.1, -0.05) is 6.92 Å². The zero-order valence-electron chi connectivity index (χ0n) is 10.6. The highest BCUT2D eigenvalue weighted by atomic mass is 16.1. The Balaban J connectivity index is 1.92. The van der Waals surface area contributed by atoms with E-state index in [2.05, 4.69) is 22.5 Å². The zero-order valence-corrected chi connectivity index (χ0v) is 10.6. The number of nitrogens with one attached hydrogen (secondary N) is 2. The van der Waals surface area contributed by atoms with Crippen molar-refractivity contribution < 1.29 is 4.79 Å². The predicted octanol–water partition coefficient (Wildman–Crippen LogP) is 0.587. The quantitative estimate of drug-likeness (QED) is 0.567. The van der Waals surface area contributed by atoms with Crippen LogP contribution in [0.1, 0.15) is 33.1 Å². The summed E-state index contributed by atoms with van der Waals surface area (Å²) >= 11 is 0. The Kier molecular flexibility index (Phi) is 6.42. The number of carbonyl (C=O) groups is 1. The van der Waals surface area contributed by atoms with Gasteiger partial charge in [0.25, 0.3) is 0 Å². The number of rotatable bonds is 9. The van der Waals surface area contributed by atoms with Gasteiger partial charge in [0, 0.05) is 38.6 Å². The van der Waals surface area contributed by atoms with E-state index >= 15 is 0 Å². The molecule has 0 aliphatic heterocycles. The maximum Gasteiger partial charge on any atom is 0.221 e. The van der Waals surface area contributed by atoms with Crippen molar-refractivity contribution >= 4 is 5.91 Å². The molecule has 0 aromatic carbocycles. The summed E-state index contributed by atoms with van der Waals surface area (Å²) in [5.41, 5.74) is 0. The first-order valence-electron chi connectivity index (χ1n) is 6.49. The summed E-state index contributed by atoms with van der Waals surface area (Å²) in [6.45, 7) is 8.91. The van der Waals surface area contributed by atoms with Crippen LogP contribution in [-0.2, 0) is 4.79 Å². The molecule has 1 amide bonds. The third-order valence-corrected chi connectivity index (χ3v) is 2.95. The average Bonchev–Trinajstić information content (AvgIpc) is 3.07. The largest absolute Gasteiger partial charge is 0.356 e. The summed E-state index contributed by atoms with van der Waals surface area (Å²) in [6.07, 6.45) is 3.32. The van der Waals surface area contributed by atoms with E-state index in [1.165, 1.54) is 12.8 Å². The van der Waals surface area contributed by atoms with Gasteiger partial charge in [-0.2, -0.15) is 0 Å². The molecule has 4 nitrogen and oxygen atoms in total. The molecule has 0 heterocycles. The van der Waals surface area contributed by atoms with Gasteiger partial charge in [0.05, 0.1) is 0 Å². The number of likely N-dealkylation sites (N-methyl/N-ethyl adjacent to an activating group) is 1. The van der Waals surface area contributed by atoms with Gasteiger partial charge in [0.2, 0.25) is 5.91 Å². The van der Waals surface area contributed by atoms with Gasteiger partial charge in [-0.3, -0.25) is 9.69 Å². The number of amides is 1. The first-order valence-corrected chi connectivity index (χ1v) is 6.49. The molecule has 0 aromatic heterocycles. The molecule has 0 radical (unpaired) electrons. The Morgan fingerprint density at radius 2 is 2.06 bits per heavy atom. The van der Waals surface area contributed by atoms with Gasteiger partial charge in [-0.15, -0.1) is 0 Å². The smallest absolute Gasteiger partial charge is 0.221 e. The Morgan fingerprint density at radius 1 is 1.31 bits per heavy atom. The highest BCUT2D eigenvalue weighted by molar-refractivity contribution is 5.75. The van der Waals surface area contributed by atoms with Crippen LogP contribution in [0.2, 0.25) is 0 Å². The first kappa shape index (κ1) is 13.5. The van der Waals surface area contributed by atoms with E-state index in [0.717, 1.165) is 38.8 Å². The fraction of sp³-hybridized carbons (Fsp3) is 0.917. The minimum absolute atomic E-state index is 0.143. The Hall–Kier alpha value is -0.610. The number of carbonyl (C=O) groups excluding carboxylic acids is 1. The van der Waals surface area contributed by atoms with Crippen molar-refractivity contribution in [3.8, 4) is 0 Å². The maximum absolute atomic E-state index is 11.2. The Labute approximate surface area is 98.8 Å². The third-order valence-electron chi connectivity index (χ3n) is 2.95. The van der Waals surface area contributed by atoms with Crippen molar-refractivity contribution in [3.63, 3.8) is 0 Å². The van der Waals surface area contributed by atoms with Crippen molar-refractivity contribution in [2.75, 3.05) is 32.7 Å². The summed E-state index contributed by atoms with van der Waals surface area (Å²) in [6, 6.07) is 0.843. The number of hydrogen-bond acceptors (Lipinski definition) is 3. The zero-order chi connectivity index (χ0) is 11.8. The van der Waals surface area contributed by atoms with E-state index < -0.39 is 0 Å². The van der Waals surface area contributed by atoms with Crippen molar-refractivity contribution in [1.29, 1.82) is 0 Å². The normalized spacial score (nSPS) is 15.4. The molecule has 2 N–H and O–H groups in total. The van der Waals surface area contributed by atoms with Crippen molar-refractivity contribution in [2.24, 2.45) is 0 Å². The predicted molar refractivity (Wildman–Crippen MR) is 66.4 cm³/mol. The molecule has 1 saturated carbocycles. The lowest BCUT2D eigenvalue weighted by molar-refractivity contribution is -0.120. The molecule has 0 bridgehead atoms. The monoisotopic (exact) mass is 227 g/mol. The summed E-state index contributed by atoms with van der Waals surface area (Å²) < 4.78 is 0. The van der Waals surface area contributed by atoms with Crippen LogP contribution in [0.5, 0.6) is 0 Å². The van der Waals surface area contributed by atoms with Gasteiger partial charge >= 0.3 is 0 Å². The third kappa shape index (κ3) is 5.47. The van der Waals surface area contributed by atoms with E-state index in [4.69, 9.17) is 0 Å². The van der Waals surface area contributed by atoms with Crippen LogP contribution < -0.4 is 10.6 Å². The van der Waals surface area contributed by atoms with Crippen LogP contribution in [-0.4, -0.2) is 49.6 Å². The second-order valence-corrected chi connectivity index (χ2v) is 4.31. The highest BCUT2D eigenvalue weighted by Crippen LogP contribution is 2.25. The minimum atomic E-state index is 0.143. The molecular weight excluding hydrogens is 202 g/mol. The molecule has 1 aliphatic carbocycles. The molecule has 1 aliphatic rings. The average molecular weight is 227 g/mol. The topological polar surface area (TPSA) is 44.4 Å². The summed E-state index contributed by atoms with van der Waals surface area (Å²) in [7, 11) is 0. The van der Waals surface area contributed by atoms with Gasteiger partial charge < -0.3 is 10.6 Å². The standard InChI is InChI=1S/C12H25N3O/c1-3-14-12(16)7-8-13-9-10-15(4-2)11-5-6-11/h11,13H,3-10H2,1-2H3,(H,14,16). The van der Waals surface area contributed by atoms with Crippen LogP contribution in [0.4, 0.5) is 0 Å². The molecule has 1 rings (SSSR count). The Morgan fingerprint density at radius 3 is 2.62 bits per heavy atom. The molecule has 0 unspecified atom stereocenters. The van der Waals surface area contributed by atoms with Gasteiger partial charge in [0.15, 0.2) is 0 Å². The second kappa shape index (κ2) is 7.63. The van der Waals surface area contributed by atoms with Crippen molar-refractivity contribution in [3.05, 3.63) is 0 Å². The van der Waals surface area contributed by atoms with Crippen molar-refractivity contribution in [2.45, 2.75) is 39.2 Å². The van der Waals surface area contributed by atoms with Gasteiger partial charge in [-0.25, -0.2) is 0 Å². The lowest BCUT2D eigenvalue weighted by atomic mass is 10.4. The number of hydrogen-bond donors (Lipinski definition) is 2. The highest BCUT2D eigenvalue weighted by Gasteiger charge is 2.26. The van der Waals surface area contributed by atoms with E-state index in [-0.39, 0.29) is 5.91 Å². The van der Waals surface area contributed by atoms with Crippen LogP contribution in [0, 0.1) is 0 Å². The fourth-order valence-electron chi connectivity index (χ4n) is 1.87. The van der Waals surface area contributed by atoms with Crippen molar-refractivity contribution in [1.82, 2.24) is 15.5 Å². The molecule has 94 valence electrons. The lowest BCUT2D eigenvalue weighted by Gasteiger charge is -2.19. The van der Waals surface area contributed by atoms with E-state index in [9.17, 15) is 4.79 Å². The summed E-state index contributed by atoms with van der Waals surface area (Å²) in [4.78, 5) is 13.7. The van der Waals surface area contributed by atoms with E-state index in [1.54, 1.807) is 0 Å². The fourth-order valence-corrected chi connectivity index (χ4v) is 1.87. The molecule has 16 heavy (non-hydrogen) atoms. The van der Waals surface area contributed by atoms with Crippen LogP contribution in [0.15, 0.2) is 0 Å². The summed E-state index contributed by atoms with van der Waals surface area (Å²) in [5.74, 6) is 0.143. The van der Waals surface area contributed by atoms with Crippen LogP contribution in [0.25, 0.3) is 0 Å². The number of nitrogens with zero attached hydrogens (tertiary/aromatic N) is 1. The maximum atomic E-state index is 11.2. The molecule has 0 atom stereocenters. The van der Waals surface area contributed by atoms with E-state index in [0.29, 0.717) is 6.42 Å². The lowest BCUT2D eigenvalue weighted by Crippen LogP contribution is -2.35. The molecular formula is C12H25N3O. The van der Waals surface area contributed by atoms with Crippen LogP contribution >= 0.6 is 0 Å². The minimum Gasteiger partial charge on any atom is -0.356 e. The SMILES string of the molecule is CCNC(=O)CCNCCN(CC)C1CC1. The van der Waals surface area contributed by atoms with Crippen LogP contribution in [0.3, 0.4) is 0 Å². The van der Waals surface area contributed by atoms with Gasteiger partial charge in [0.1, 0.15) is 0 Å². The second-order valence-electron chi connectivity index (χ2n) is 4.31. The van der Waals surface area contributed by atoms with E-state index in [1.807, 2.05) is 6.92 Å². The molecule has 4 heteroatoms. The molecule has 1 fully saturated rings.